The van der Waals surface area contributed by atoms with E-state index in [4.69, 9.17) is 0 Å². The molecule has 0 saturated carbocycles. The molecular formula is C17H20F2N2. The zero-order valence-electron chi connectivity index (χ0n) is 12.2. The van der Waals surface area contributed by atoms with Crippen molar-refractivity contribution in [3.8, 4) is 0 Å². The smallest absolute Gasteiger partial charge is 0.129 e. The molecule has 1 N–H and O–H groups in total. The topological polar surface area (TPSA) is 24.9 Å². The first-order chi connectivity index (χ1) is 10.2. The third-order valence-electron chi connectivity index (χ3n) is 3.51. The van der Waals surface area contributed by atoms with E-state index in [-0.39, 0.29) is 11.6 Å². The van der Waals surface area contributed by atoms with Crippen LogP contribution in [-0.2, 0) is 12.8 Å². The van der Waals surface area contributed by atoms with Crippen LogP contribution in [0.25, 0.3) is 0 Å². The Bertz CT molecular complexity index is 538. The van der Waals surface area contributed by atoms with Gasteiger partial charge in [-0.05, 0) is 49.6 Å². The normalized spacial score (nSPS) is 12.3. The van der Waals surface area contributed by atoms with E-state index in [0.717, 1.165) is 24.9 Å². The van der Waals surface area contributed by atoms with Crippen LogP contribution in [0.3, 0.4) is 0 Å². The molecule has 0 spiro atoms. The number of aromatic nitrogens is 1. The Labute approximate surface area is 124 Å². The Morgan fingerprint density at radius 1 is 1.14 bits per heavy atom. The molecule has 4 heteroatoms. The lowest BCUT2D eigenvalue weighted by Gasteiger charge is -2.18. The maximum Gasteiger partial charge on any atom is 0.129 e. The molecule has 2 rings (SSSR count). The first kappa shape index (κ1) is 15.6. The van der Waals surface area contributed by atoms with E-state index in [9.17, 15) is 8.78 Å². The minimum absolute atomic E-state index is 0.0432. The summed E-state index contributed by atoms with van der Waals surface area (Å²) in [6.07, 6.45) is 5.56. The molecule has 0 radical (unpaired) electrons. The minimum atomic E-state index is -0.473. The van der Waals surface area contributed by atoms with E-state index in [2.05, 4.69) is 10.3 Å². The van der Waals surface area contributed by atoms with Crippen LogP contribution in [-0.4, -0.2) is 17.6 Å². The van der Waals surface area contributed by atoms with E-state index in [1.807, 2.05) is 25.3 Å². The van der Waals surface area contributed by atoms with Crippen LogP contribution < -0.4 is 5.32 Å². The summed E-state index contributed by atoms with van der Waals surface area (Å²) < 4.78 is 27.5. The number of nitrogens with one attached hydrogen (secondary N) is 1. The predicted octanol–water partition coefficient (Wildman–Crippen LogP) is 3.51. The van der Waals surface area contributed by atoms with Gasteiger partial charge in [-0.15, -0.1) is 0 Å². The number of nitrogens with zero attached hydrogens (tertiary/aromatic N) is 1. The number of rotatable bonds is 7. The van der Waals surface area contributed by atoms with Gasteiger partial charge in [-0.2, -0.15) is 0 Å². The fourth-order valence-corrected chi connectivity index (χ4v) is 2.43. The van der Waals surface area contributed by atoms with Crippen molar-refractivity contribution in [1.82, 2.24) is 10.3 Å². The molecule has 0 amide bonds. The van der Waals surface area contributed by atoms with Gasteiger partial charge in [0.25, 0.3) is 0 Å². The van der Waals surface area contributed by atoms with E-state index in [1.165, 1.54) is 18.2 Å². The van der Waals surface area contributed by atoms with Crippen molar-refractivity contribution in [2.24, 2.45) is 0 Å². The van der Waals surface area contributed by atoms with Gasteiger partial charge in [-0.25, -0.2) is 8.78 Å². The second-order valence-electron chi connectivity index (χ2n) is 5.06. The highest BCUT2D eigenvalue weighted by atomic mass is 19.1. The van der Waals surface area contributed by atoms with Crippen molar-refractivity contribution < 1.29 is 8.78 Å². The Kier molecular flexibility index (Phi) is 5.81. The summed E-state index contributed by atoms with van der Waals surface area (Å²) >= 11 is 0. The predicted molar refractivity (Wildman–Crippen MR) is 80.1 cm³/mol. The van der Waals surface area contributed by atoms with Crippen LogP contribution in [0.1, 0.15) is 24.5 Å². The number of halogens is 2. The highest BCUT2D eigenvalue weighted by Gasteiger charge is 2.15. The lowest BCUT2D eigenvalue weighted by molar-refractivity contribution is 0.464. The van der Waals surface area contributed by atoms with Crippen LogP contribution in [0.2, 0.25) is 0 Å². The highest BCUT2D eigenvalue weighted by molar-refractivity contribution is 5.21. The molecule has 0 saturated heterocycles. The molecule has 21 heavy (non-hydrogen) atoms. The summed E-state index contributed by atoms with van der Waals surface area (Å²) in [6, 6.07) is 7.96. The molecule has 1 atom stereocenters. The van der Waals surface area contributed by atoms with Gasteiger partial charge in [0, 0.05) is 24.0 Å². The van der Waals surface area contributed by atoms with Gasteiger partial charge in [0.15, 0.2) is 0 Å². The number of aryl methyl sites for hydroxylation is 1. The third kappa shape index (κ3) is 4.60. The molecule has 0 aliphatic heterocycles. The number of likely N-dealkylation sites (N-methyl/N-ethyl adjacent to an activating group) is 1. The van der Waals surface area contributed by atoms with E-state index < -0.39 is 11.6 Å². The molecule has 1 unspecified atom stereocenters. The second-order valence-corrected chi connectivity index (χ2v) is 5.06. The molecule has 0 bridgehead atoms. The van der Waals surface area contributed by atoms with Crippen molar-refractivity contribution in [3.05, 3.63) is 65.5 Å². The Morgan fingerprint density at radius 2 is 1.90 bits per heavy atom. The minimum Gasteiger partial charge on any atom is -0.314 e. The summed E-state index contributed by atoms with van der Waals surface area (Å²) in [5.41, 5.74) is 1.30. The van der Waals surface area contributed by atoms with Crippen molar-refractivity contribution in [2.75, 3.05) is 6.54 Å². The SMILES string of the molecule is CCNC(CCc1cccnc1)Cc1c(F)cccc1F. The maximum absolute atomic E-state index is 13.7. The lowest BCUT2D eigenvalue weighted by atomic mass is 9.99. The van der Waals surface area contributed by atoms with Crippen LogP contribution in [0.15, 0.2) is 42.7 Å². The number of benzene rings is 1. The average molecular weight is 290 g/mol. The summed E-state index contributed by atoms with van der Waals surface area (Å²) in [5.74, 6) is -0.946. The Hall–Kier alpha value is -1.81. The van der Waals surface area contributed by atoms with E-state index in [1.54, 1.807) is 6.20 Å². The van der Waals surface area contributed by atoms with Crippen molar-refractivity contribution in [2.45, 2.75) is 32.2 Å². The second kappa shape index (κ2) is 7.84. The number of hydrogen-bond donors (Lipinski definition) is 1. The Balaban J connectivity index is 2.02. The van der Waals surface area contributed by atoms with Crippen LogP contribution in [0, 0.1) is 11.6 Å². The van der Waals surface area contributed by atoms with Gasteiger partial charge in [-0.3, -0.25) is 4.98 Å². The monoisotopic (exact) mass is 290 g/mol. The summed E-state index contributed by atoms with van der Waals surface area (Å²) in [4.78, 5) is 4.08. The van der Waals surface area contributed by atoms with Crippen molar-refractivity contribution in [1.29, 1.82) is 0 Å². The Morgan fingerprint density at radius 3 is 2.52 bits per heavy atom. The van der Waals surface area contributed by atoms with Crippen LogP contribution in [0.4, 0.5) is 8.78 Å². The first-order valence-electron chi connectivity index (χ1n) is 7.26. The molecule has 1 heterocycles. The summed E-state index contributed by atoms with van der Waals surface area (Å²) in [6.45, 7) is 2.77. The van der Waals surface area contributed by atoms with E-state index >= 15 is 0 Å². The number of pyridine rings is 1. The van der Waals surface area contributed by atoms with Gasteiger partial charge in [0.1, 0.15) is 11.6 Å². The largest absolute Gasteiger partial charge is 0.314 e. The molecule has 1 aromatic heterocycles. The first-order valence-corrected chi connectivity index (χ1v) is 7.26. The van der Waals surface area contributed by atoms with Gasteiger partial charge < -0.3 is 5.32 Å². The van der Waals surface area contributed by atoms with Gasteiger partial charge in [0.2, 0.25) is 0 Å². The fourth-order valence-electron chi connectivity index (χ4n) is 2.43. The van der Waals surface area contributed by atoms with Gasteiger partial charge >= 0.3 is 0 Å². The maximum atomic E-state index is 13.7. The van der Waals surface area contributed by atoms with Crippen molar-refractivity contribution >= 4 is 0 Å². The molecule has 2 nitrogen and oxygen atoms in total. The van der Waals surface area contributed by atoms with Crippen molar-refractivity contribution in [3.63, 3.8) is 0 Å². The quantitative estimate of drug-likeness (QED) is 0.844. The average Bonchev–Trinajstić information content (AvgIpc) is 2.49. The lowest BCUT2D eigenvalue weighted by Crippen LogP contribution is -2.32. The van der Waals surface area contributed by atoms with Gasteiger partial charge in [0.05, 0.1) is 0 Å². The zero-order valence-corrected chi connectivity index (χ0v) is 12.2. The van der Waals surface area contributed by atoms with Gasteiger partial charge in [-0.1, -0.05) is 19.1 Å². The fraction of sp³-hybridized carbons (Fsp3) is 0.353. The standard InChI is InChI=1S/C17H20F2N2/c1-2-21-14(9-8-13-5-4-10-20-12-13)11-15-16(18)6-3-7-17(15)19/h3-7,10,12,14,21H,2,8-9,11H2,1H3. The number of hydrogen-bond acceptors (Lipinski definition) is 2. The summed E-state index contributed by atoms with van der Waals surface area (Å²) in [7, 11) is 0. The van der Waals surface area contributed by atoms with Crippen LogP contribution >= 0.6 is 0 Å². The zero-order chi connectivity index (χ0) is 15.1. The van der Waals surface area contributed by atoms with E-state index in [0.29, 0.717) is 6.42 Å². The molecular weight excluding hydrogens is 270 g/mol. The highest BCUT2D eigenvalue weighted by Crippen LogP contribution is 2.16. The summed E-state index contributed by atoms with van der Waals surface area (Å²) in [5, 5.41) is 3.30. The molecule has 0 fully saturated rings. The molecule has 0 aliphatic rings. The molecule has 112 valence electrons. The molecule has 1 aromatic carbocycles. The molecule has 0 aliphatic carbocycles. The third-order valence-corrected chi connectivity index (χ3v) is 3.51. The molecule has 2 aromatic rings. The van der Waals surface area contributed by atoms with Crippen LogP contribution in [0.5, 0.6) is 0 Å².